The monoisotopic (exact) mass is 369 g/mol. The Balaban J connectivity index is 2.22. The van der Waals surface area contributed by atoms with E-state index in [0.717, 1.165) is 11.3 Å². The third-order valence-electron chi connectivity index (χ3n) is 4.29. The van der Waals surface area contributed by atoms with Crippen molar-refractivity contribution < 1.29 is 14.3 Å². The number of nitrogens with one attached hydrogen (secondary N) is 1. The van der Waals surface area contributed by atoms with E-state index in [1.54, 1.807) is 24.1 Å². The molecule has 0 aliphatic heterocycles. The van der Waals surface area contributed by atoms with Crippen LogP contribution in [0.5, 0.6) is 5.75 Å². The maximum atomic E-state index is 12.7. The molecule has 27 heavy (non-hydrogen) atoms. The van der Waals surface area contributed by atoms with Gasteiger partial charge >= 0.3 is 0 Å². The van der Waals surface area contributed by atoms with Crippen molar-refractivity contribution in [1.82, 2.24) is 5.32 Å². The van der Waals surface area contributed by atoms with E-state index in [1.807, 2.05) is 24.3 Å². The fourth-order valence-corrected chi connectivity index (χ4v) is 2.62. The van der Waals surface area contributed by atoms with Crippen LogP contribution in [0, 0.1) is 0 Å². The van der Waals surface area contributed by atoms with Crippen LogP contribution >= 0.6 is 0 Å². The van der Waals surface area contributed by atoms with Crippen molar-refractivity contribution >= 4 is 17.5 Å². The van der Waals surface area contributed by atoms with Crippen LogP contribution in [0.3, 0.4) is 0 Å². The highest BCUT2D eigenvalue weighted by molar-refractivity contribution is 5.96. The van der Waals surface area contributed by atoms with Gasteiger partial charge in [0.25, 0.3) is 0 Å². The van der Waals surface area contributed by atoms with Gasteiger partial charge in [0, 0.05) is 5.69 Å². The lowest BCUT2D eigenvalue weighted by molar-refractivity contribution is -0.124. The van der Waals surface area contributed by atoms with Gasteiger partial charge in [-0.25, -0.2) is 0 Å². The quantitative estimate of drug-likeness (QED) is 0.748. The summed E-state index contributed by atoms with van der Waals surface area (Å²) < 4.78 is 5.18. The molecule has 0 aliphatic carbocycles. The molecule has 6 heteroatoms. The van der Waals surface area contributed by atoms with Crippen molar-refractivity contribution in [2.45, 2.75) is 26.3 Å². The second-order valence-electron chi connectivity index (χ2n) is 6.56. The third-order valence-corrected chi connectivity index (χ3v) is 4.29. The first-order valence-corrected chi connectivity index (χ1v) is 8.94. The van der Waals surface area contributed by atoms with Gasteiger partial charge in [0.2, 0.25) is 11.8 Å². The molecule has 0 saturated heterocycles. The summed E-state index contributed by atoms with van der Waals surface area (Å²) in [5.74, 6) is 0.586. The van der Waals surface area contributed by atoms with Crippen molar-refractivity contribution in [2.75, 3.05) is 25.1 Å². The Hall–Kier alpha value is -2.86. The number of amides is 2. The lowest BCUT2D eigenvalue weighted by Gasteiger charge is -2.24. The molecule has 2 amide bonds. The Labute approximate surface area is 160 Å². The van der Waals surface area contributed by atoms with Gasteiger partial charge in [0.1, 0.15) is 5.75 Å². The first-order chi connectivity index (χ1) is 12.9. The van der Waals surface area contributed by atoms with Gasteiger partial charge in [-0.15, -0.1) is 0 Å². The minimum atomic E-state index is -0.362. The number of anilines is 1. The zero-order chi connectivity index (χ0) is 19.8. The number of hydrogen-bond donors (Lipinski definition) is 2. The number of carbonyl (C=O) groups is 2. The average Bonchev–Trinajstić information content (AvgIpc) is 2.70. The van der Waals surface area contributed by atoms with E-state index in [4.69, 9.17) is 10.5 Å². The zero-order valence-electron chi connectivity index (χ0n) is 16.1. The van der Waals surface area contributed by atoms with Crippen LogP contribution < -0.4 is 20.7 Å². The van der Waals surface area contributed by atoms with Crippen molar-refractivity contribution in [1.29, 1.82) is 0 Å². The van der Waals surface area contributed by atoms with Crippen LogP contribution in [-0.2, 0) is 16.1 Å². The summed E-state index contributed by atoms with van der Waals surface area (Å²) in [4.78, 5) is 25.8. The van der Waals surface area contributed by atoms with Gasteiger partial charge in [-0.1, -0.05) is 38.1 Å². The Morgan fingerprint density at radius 1 is 1.07 bits per heavy atom. The minimum Gasteiger partial charge on any atom is -0.497 e. The molecular formula is C21H27N3O3. The summed E-state index contributed by atoms with van der Waals surface area (Å²) in [6, 6.07) is 15.5. The van der Waals surface area contributed by atoms with Crippen molar-refractivity contribution in [2.24, 2.45) is 5.73 Å². The molecule has 6 nitrogen and oxygen atoms in total. The van der Waals surface area contributed by atoms with E-state index >= 15 is 0 Å². The Morgan fingerprint density at radius 3 is 2.22 bits per heavy atom. The Morgan fingerprint density at radius 2 is 1.70 bits per heavy atom. The number of nitrogens with two attached hydrogens (primary N) is 1. The normalized spacial score (nSPS) is 10.6. The van der Waals surface area contributed by atoms with Gasteiger partial charge in [-0.2, -0.15) is 0 Å². The SMILES string of the molecule is COc1ccc(N(Cc2ccc(C(C)C)cc2)C(=O)CNC(=O)CN)cc1. The predicted molar refractivity (Wildman–Crippen MR) is 107 cm³/mol. The van der Waals surface area contributed by atoms with E-state index in [9.17, 15) is 9.59 Å². The molecule has 0 fully saturated rings. The maximum Gasteiger partial charge on any atom is 0.246 e. The number of ether oxygens (including phenoxy) is 1. The van der Waals surface area contributed by atoms with Crippen LogP contribution in [0.25, 0.3) is 0 Å². The highest BCUT2D eigenvalue weighted by Crippen LogP contribution is 2.22. The molecule has 144 valence electrons. The molecule has 0 saturated carbocycles. The van der Waals surface area contributed by atoms with E-state index in [-0.39, 0.29) is 24.9 Å². The smallest absolute Gasteiger partial charge is 0.246 e. The highest BCUT2D eigenvalue weighted by Gasteiger charge is 2.17. The highest BCUT2D eigenvalue weighted by atomic mass is 16.5. The fraction of sp³-hybridized carbons (Fsp3) is 0.333. The fourth-order valence-electron chi connectivity index (χ4n) is 2.62. The molecule has 3 N–H and O–H groups in total. The molecule has 0 bridgehead atoms. The second-order valence-corrected chi connectivity index (χ2v) is 6.56. The van der Waals surface area contributed by atoms with Crippen molar-refractivity contribution in [3.05, 3.63) is 59.7 Å². The van der Waals surface area contributed by atoms with Crippen LogP contribution in [0.2, 0.25) is 0 Å². The molecule has 0 radical (unpaired) electrons. The van der Waals surface area contributed by atoms with E-state index in [2.05, 4.69) is 31.3 Å². The molecule has 0 aliphatic rings. The lowest BCUT2D eigenvalue weighted by Crippen LogP contribution is -2.41. The maximum absolute atomic E-state index is 12.7. The average molecular weight is 369 g/mol. The van der Waals surface area contributed by atoms with E-state index in [1.165, 1.54) is 5.56 Å². The molecule has 0 aromatic heterocycles. The third kappa shape index (κ3) is 5.82. The number of nitrogens with zero attached hydrogens (tertiary/aromatic N) is 1. The summed E-state index contributed by atoms with van der Waals surface area (Å²) in [6.07, 6.45) is 0. The molecule has 2 aromatic carbocycles. The lowest BCUT2D eigenvalue weighted by atomic mass is 10.0. The number of carbonyl (C=O) groups excluding carboxylic acids is 2. The first-order valence-electron chi connectivity index (χ1n) is 8.94. The summed E-state index contributed by atoms with van der Waals surface area (Å²) in [5.41, 5.74) is 8.28. The molecule has 2 rings (SSSR count). The van der Waals surface area contributed by atoms with Crippen LogP contribution in [0.1, 0.15) is 30.9 Å². The summed E-state index contributed by atoms with van der Waals surface area (Å²) in [7, 11) is 1.59. The Bertz CT molecular complexity index is 755. The van der Waals surface area contributed by atoms with Gasteiger partial charge in [-0.3, -0.25) is 9.59 Å². The van der Waals surface area contributed by atoms with E-state index in [0.29, 0.717) is 18.2 Å². The Kier molecular flexibility index (Phi) is 7.37. The van der Waals surface area contributed by atoms with Crippen molar-refractivity contribution in [3.63, 3.8) is 0 Å². The first kappa shape index (κ1) is 20.5. The zero-order valence-corrected chi connectivity index (χ0v) is 16.1. The molecule has 0 atom stereocenters. The van der Waals surface area contributed by atoms with Gasteiger partial charge in [-0.05, 0) is 41.3 Å². The van der Waals surface area contributed by atoms with Crippen LogP contribution in [0.15, 0.2) is 48.5 Å². The standard InChI is InChI=1S/C21H27N3O3/c1-15(2)17-6-4-16(5-7-17)14-24(21(26)13-23-20(25)12-22)18-8-10-19(27-3)11-9-18/h4-11,15H,12-14,22H2,1-3H3,(H,23,25). The van der Waals surface area contributed by atoms with Crippen molar-refractivity contribution in [3.8, 4) is 5.75 Å². The molecule has 2 aromatic rings. The second kappa shape index (κ2) is 9.73. The van der Waals surface area contributed by atoms with Gasteiger partial charge < -0.3 is 20.7 Å². The molecule has 0 heterocycles. The number of rotatable bonds is 8. The topological polar surface area (TPSA) is 84.7 Å². The number of hydrogen-bond acceptors (Lipinski definition) is 4. The van der Waals surface area contributed by atoms with Gasteiger partial charge in [0.05, 0.1) is 26.7 Å². The number of methoxy groups -OCH3 is 1. The minimum absolute atomic E-state index is 0.105. The molecular weight excluding hydrogens is 342 g/mol. The van der Waals surface area contributed by atoms with Crippen LogP contribution in [0.4, 0.5) is 5.69 Å². The summed E-state index contributed by atoms with van der Waals surface area (Å²) >= 11 is 0. The van der Waals surface area contributed by atoms with Gasteiger partial charge in [0.15, 0.2) is 0 Å². The summed E-state index contributed by atoms with van der Waals surface area (Å²) in [5, 5.41) is 2.53. The van der Waals surface area contributed by atoms with E-state index < -0.39 is 0 Å². The number of benzene rings is 2. The molecule has 0 spiro atoms. The summed E-state index contributed by atoms with van der Waals surface area (Å²) in [6.45, 7) is 4.44. The molecule has 0 unspecified atom stereocenters. The largest absolute Gasteiger partial charge is 0.497 e. The predicted octanol–water partition coefficient (Wildman–Crippen LogP) is 2.43. The van der Waals surface area contributed by atoms with Crippen LogP contribution in [-0.4, -0.2) is 32.0 Å².